The molecule has 0 fully saturated rings. The highest BCUT2D eigenvalue weighted by Crippen LogP contribution is 2.13. The molecular formula is C26H37F3N8O12. The van der Waals surface area contributed by atoms with Crippen molar-refractivity contribution in [3.8, 4) is 5.75 Å². The average molecular weight is 711 g/mol. The van der Waals surface area contributed by atoms with E-state index in [0.717, 1.165) is 0 Å². The molecule has 0 spiro atoms. The van der Waals surface area contributed by atoms with E-state index in [9.17, 15) is 47.0 Å². The van der Waals surface area contributed by atoms with E-state index in [0.29, 0.717) is 5.56 Å². The Bertz CT molecular complexity index is 1340. The predicted octanol–water partition coefficient (Wildman–Crippen LogP) is -3.93. The molecule has 20 nitrogen and oxygen atoms in total. The number of phenolic OH excluding ortho intramolecular Hbond substituents is 1. The van der Waals surface area contributed by atoms with Crippen molar-refractivity contribution >= 4 is 47.5 Å². The van der Waals surface area contributed by atoms with Crippen LogP contribution in [0.1, 0.15) is 24.8 Å². The Morgan fingerprint density at radius 3 is 1.86 bits per heavy atom. The molecule has 15 N–H and O–H groups in total. The molecule has 1 aromatic rings. The van der Waals surface area contributed by atoms with Crippen molar-refractivity contribution in [1.82, 2.24) is 21.3 Å². The van der Waals surface area contributed by atoms with Crippen LogP contribution in [-0.4, -0.2) is 123 Å². The summed E-state index contributed by atoms with van der Waals surface area (Å²) in [6.07, 6.45) is -5.65. The van der Waals surface area contributed by atoms with Gasteiger partial charge < -0.3 is 64.0 Å². The monoisotopic (exact) mass is 710 g/mol. The van der Waals surface area contributed by atoms with Gasteiger partial charge in [0.25, 0.3) is 0 Å². The largest absolute Gasteiger partial charge is 0.508 e. The van der Waals surface area contributed by atoms with Crippen molar-refractivity contribution in [2.24, 2.45) is 22.2 Å². The number of aliphatic imine (C=N–C) groups is 1. The summed E-state index contributed by atoms with van der Waals surface area (Å²) in [5, 5.41) is 52.3. The number of hydrogen-bond acceptors (Lipinski definition) is 11. The summed E-state index contributed by atoms with van der Waals surface area (Å²) in [6.45, 7) is -1.61. The van der Waals surface area contributed by atoms with Crippen molar-refractivity contribution < 1.29 is 72.3 Å². The van der Waals surface area contributed by atoms with Crippen molar-refractivity contribution in [1.29, 1.82) is 0 Å². The van der Waals surface area contributed by atoms with Gasteiger partial charge >= 0.3 is 24.1 Å². The normalized spacial score (nSPS) is 13.1. The number of phenols is 1. The Morgan fingerprint density at radius 1 is 0.837 bits per heavy atom. The van der Waals surface area contributed by atoms with Crippen molar-refractivity contribution in [3.05, 3.63) is 29.8 Å². The number of benzene rings is 1. The highest BCUT2D eigenvalue weighted by atomic mass is 19.4. The number of hydrogen-bond donors (Lipinski definition) is 12. The molecule has 0 aliphatic rings. The fourth-order valence-corrected chi connectivity index (χ4v) is 3.41. The lowest BCUT2D eigenvalue weighted by Crippen LogP contribution is -2.56. The van der Waals surface area contributed by atoms with Crippen molar-refractivity contribution in [2.45, 2.75) is 56.0 Å². The standard InChI is InChI=1S/C24H36N8O10.C2HF3O2/c25-14(8-12-3-5-13(34)6-4-12)20(38)31-15(2-1-7-28-24(26)27)21(39)29-10-18(35)30-16(9-19(36)37)22(40)32-17(11-33)23(41)42;3-2(4,5)1(6)7/h3-6,14-17,33-34H,1-2,7-11,25H2,(H,29,39)(H,30,35)(H,31,38)(H,32,40)(H,36,37)(H,41,42)(H4,26,27,28);(H,6,7)/t14-,15-,16-,17-;/m0./s1. The predicted molar refractivity (Wildman–Crippen MR) is 159 cm³/mol. The third kappa shape index (κ3) is 18.9. The van der Waals surface area contributed by atoms with Gasteiger partial charge in [-0.3, -0.25) is 29.0 Å². The summed E-state index contributed by atoms with van der Waals surface area (Å²) in [5.74, 6) is -9.69. The maximum Gasteiger partial charge on any atom is 0.490 e. The van der Waals surface area contributed by atoms with E-state index >= 15 is 0 Å². The van der Waals surface area contributed by atoms with E-state index in [1.54, 1.807) is 12.1 Å². The zero-order chi connectivity index (χ0) is 37.9. The molecule has 0 bridgehead atoms. The molecule has 0 aromatic heterocycles. The van der Waals surface area contributed by atoms with Crippen molar-refractivity contribution in [2.75, 3.05) is 19.7 Å². The number of halogens is 3. The second-order valence-corrected chi connectivity index (χ2v) is 9.81. The first-order chi connectivity index (χ1) is 22.7. The second-order valence-electron chi connectivity index (χ2n) is 9.81. The second kappa shape index (κ2) is 21.2. The number of rotatable bonds is 18. The molecule has 0 heterocycles. The lowest BCUT2D eigenvalue weighted by Gasteiger charge is -2.22. The van der Waals surface area contributed by atoms with Gasteiger partial charge in [0.15, 0.2) is 5.96 Å². The van der Waals surface area contributed by atoms with E-state index in [-0.39, 0.29) is 37.5 Å². The number of aromatic hydroxyl groups is 1. The quantitative estimate of drug-likeness (QED) is 0.0393. The molecule has 0 radical (unpaired) electrons. The van der Waals surface area contributed by atoms with Crippen LogP contribution in [0, 0.1) is 0 Å². The van der Waals surface area contributed by atoms with Gasteiger partial charge in [-0.15, -0.1) is 0 Å². The number of aliphatic carboxylic acids is 3. The molecule has 1 aromatic carbocycles. The maximum absolute atomic E-state index is 12.9. The van der Waals surface area contributed by atoms with Crippen LogP contribution in [0.2, 0.25) is 0 Å². The minimum Gasteiger partial charge on any atom is -0.508 e. The topological polar surface area (TPSA) is 359 Å². The summed E-state index contributed by atoms with van der Waals surface area (Å²) < 4.78 is 31.7. The molecule has 1 rings (SSSR count). The van der Waals surface area contributed by atoms with E-state index in [4.69, 9.17) is 42.4 Å². The number of nitrogens with one attached hydrogen (secondary N) is 4. The molecule has 0 saturated carbocycles. The van der Waals surface area contributed by atoms with Crippen LogP contribution in [0.4, 0.5) is 13.2 Å². The third-order valence-corrected chi connectivity index (χ3v) is 5.80. The Labute approximate surface area is 274 Å². The number of guanidine groups is 1. The summed E-state index contributed by atoms with van der Waals surface area (Å²) in [7, 11) is 0. The van der Waals surface area contributed by atoms with Gasteiger partial charge in [-0.25, -0.2) is 9.59 Å². The van der Waals surface area contributed by atoms with Crippen LogP contribution in [-0.2, 0) is 40.0 Å². The van der Waals surface area contributed by atoms with E-state index in [2.05, 4.69) is 20.9 Å². The van der Waals surface area contributed by atoms with E-state index < -0.39 is 91.5 Å². The zero-order valence-electron chi connectivity index (χ0n) is 25.5. The van der Waals surface area contributed by atoms with Crippen LogP contribution in [0.3, 0.4) is 0 Å². The van der Waals surface area contributed by atoms with E-state index in [1.807, 2.05) is 5.32 Å². The van der Waals surface area contributed by atoms with Crippen molar-refractivity contribution in [3.63, 3.8) is 0 Å². The van der Waals surface area contributed by atoms with Crippen LogP contribution >= 0.6 is 0 Å². The molecule has 23 heteroatoms. The summed E-state index contributed by atoms with van der Waals surface area (Å²) in [5.41, 5.74) is 17.2. The number of carbonyl (C=O) groups excluding carboxylic acids is 4. The third-order valence-electron chi connectivity index (χ3n) is 5.80. The van der Waals surface area contributed by atoms with Gasteiger partial charge in [-0.1, -0.05) is 12.1 Å². The Hall–Kier alpha value is -5.71. The lowest BCUT2D eigenvalue weighted by atomic mass is 10.0. The fourth-order valence-electron chi connectivity index (χ4n) is 3.41. The highest BCUT2D eigenvalue weighted by Gasteiger charge is 2.38. The Kier molecular flexibility index (Phi) is 18.7. The molecular weight excluding hydrogens is 673 g/mol. The van der Waals surface area contributed by atoms with Gasteiger partial charge in [0, 0.05) is 6.54 Å². The number of alkyl halides is 3. The molecule has 0 saturated heterocycles. The minimum absolute atomic E-state index is 0.0304. The zero-order valence-corrected chi connectivity index (χ0v) is 25.5. The summed E-state index contributed by atoms with van der Waals surface area (Å²) >= 11 is 0. The molecule has 49 heavy (non-hydrogen) atoms. The van der Waals surface area contributed by atoms with Gasteiger partial charge in [0.1, 0.15) is 23.9 Å². The molecule has 0 aliphatic carbocycles. The van der Waals surface area contributed by atoms with Crippen LogP contribution in [0.25, 0.3) is 0 Å². The highest BCUT2D eigenvalue weighted by molar-refractivity contribution is 5.95. The first-order valence-corrected chi connectivity index (χ1v) is 13.8. The fraction of sp³-hybridized carbons (Fsp3) is 0.462. The summed E-state index contributed by atoms with van der Waals surface area (Å²) in [4.78, 5) is 85.2. The Morgan fingerprint density at radius 2 is 1.39 bits per heavy atom. The van der Waals surface area contributed by atoms with Gasteiger partial charge in [0.05, 0.1) is 25.6 Å². The first kappa shape index (κ1) is 43.3. The molecule has 0 unspecified atom stereocenters. The Balaban J connectivity index is 0.00000295. The first-order valence-electron chi connectivity index (χ1n) is 13.8. The van der Waals surface area contributed by atoms with E-state index in [1.165, 1.54) is 12.1 Å². The number of aliphatic hydroxyl groups excluding tert-OH is 1. The minimum atomic E-state index is -5.08. The van der Waals surface area contributed by atoms with Gasteiger partial charge in [-0.05, 0) is 37.0 Å². The number of amides is 4. The van der Waals surface area contributed by atoms with Crippen LogP contribution in [0.15, 0.2) is 29.3 Å². The average Bonchev–Trinajstić information content (AvgIpc) is 2.99. The molecule has 4 amide bonds. The van der Waals surface area contributed by atoms with Crippen LogP contribution in [0.5, 0.6) is 5.75 Å². The number of nitrogens with zero attached hydrogens (tertiary/aromatic N) is 1. The lowest BCUT2D eigenvalue weighted by molar-refractivity contribution is -0.192. The summed E-state index contributed by atoms with van der Waals surface area (Å²) in [6, 6.07) is 0.259. The molecule has 0 aliphatic heterocycles. The smallest absolute Gasteiger partial charge is 0.490 e. The number of carboxylic acids is 3. The number of nitrogens with two attached hydrogens (primary N) is 3. The number of carbonyl (C=O) groups is 7. The maximum atomic E-state index is 12.9. The number of aliphatic hydroxyl groups is 1. The number of carboxylic acid groups (broad SMARTS) is 3. The van der Waals surface area contributed by atoms with Gasteiger partial charge in [-0.2, -0.15) is 13.2 Å². The van der Waals surface area contributed by atoms with Gasteiger partial charge in [0.2, 0.25) is 23.6 Å². The SMILES string of the molecule is NC(N)=NCCC[C@H](NC(=O)[C@@H](N)Cc1ccc(O)cc1)C(=O)NCC(=O)N[C@@H](CC(=O)O)C(=O)N[C@@H](CO)C(=O)O.O=C(O)C(F)(F)F. The molecule has 4 atom stereocenters. The van der Waals surface area contributed by atoms with Crippen LogP contribution < -0.4 is 38.5 Å². The molecule has 274 valence electrons.